The minimum atomic E-state index is -0.979. The number of hydrogen-bond acceptors (Lipinski definition) is 6. The predicted octanol–water partition coefficient (Wildman–Crippen LogP) is 9.59. The van der Waals surface area contributed by atoms with Crippen molar-refractivity contribution in [2.24, 2.45) is 0 Å². The number of ketones is 6. The average Bonchev–Trinajstić information content (AvgIpc) is 3.39. The lowest BCUT2D eigenvalue weighted by molar-refractivity contribution is -0.120. The van der Waals surface area contributed by atoms with Gasteiger partial charge in [-0.05, 0) is 66.8 Å². The maximum Gasteiger partial charge on any atom is 0.187 e. The zero-order valence-electron chi connectivity index (χ0n) is 35.9. The second-order valence-corrected chi connectivity index (χ2v) is 20.2. The molecule has 0 aromatic heterocycles. The third-order valence-electron chi connectivity index (χ3n) is 17.8. The molecule has 0 N–H and O–H groups in total. The van der Waals surface area contributed by atoms with Crippen LogP contribution in [0.25, 0.3) is 0 Å². The summed E-state index contributed by atoms with van der Waals surface area (Å²) in [6.45, 7) is 0. The first-order chi connectivity index (χ1) is 33.4. The molecule has 21 rings (SSSR count). The van der Waals surface area contributed by atoms with Crippen LogP contribution in [0.15, 0.2) is 212 Å². The van der Waals surface area contributed by atoms with Crippen LogP contribution < -0.4 is 0 Å². The van der Waals surface area contributed by atoms with Gasteiger partial charge in [0.1, 0.15) is 0 Å². The Bertz CT molecular complexity index is 3370. The van der Waals surface area contributed by atoms with Gasteiger partial charge < -0.3 is 0 Å². The fourth-order valence-electron chi connectivity index (χ4n) is 15.7. The summed E-state index contributed by atoms with van der Waals surface area (Å²) in [5.74, 6) is -7.52. The Balaban J connectivity index is 0.860. The summed E-state index contributed by atoms with van der Waals surface area (Å²) >= 11 is 0. The molecule has 0 fully saturated rings. The van der Waals surface area contributed by atoms with Gasteiger partial charge >= 0.3 is 0 Å². The molecule has 0 saturated heterocycles. The van der Waals surface area contributed by atoms with Gasteiger partial charge in [0.15, 0.2) is 34.7 Å². The van der Waals surface area contributed by atoms with Crippen molar-refractivity contribution in [3.63, 3.8) is 0 Å². The zero-order chi connectivity index (χ0) is 44.9. The third kappa shape index (κ3) is 3.65. The number of carbonyl (C=O) groups excluding carboxylic acids is 6. The van der Waals surface area contributed by atoms with Gasteiger partial charge in [0, 0.05) is 114 Å². The lowest BCUT2D eigenvalue weighted by Crippen LogP contribution is -2.50. The van der Waals surface area contributed by atoms with E-state index in [1.807, 2.05) is 97.1 Å². The summed E-state index contributed by atoms with van der Waals surface area (Å²) in [5.41, 5.74) is 14.9. The Morgan fingerprint density at radius 3 is 0.397 bits per heavy atom. The Morgan fingerprint density at radius 2 is 0.265 bits per heavy atom. The first-order valence-electron chi connectivity index (χ1n) is 23.6. The van der Waals surface area contributed by atoms with Gasteiger partial charge in [-0.2, -0.15) is 0 Å². The monoisotopic (exact) mass is 872 g/mol. The molecule has 15 aliphatic carbocycles. The fourth-order valence-corrected chi connectivity index (χ4v) is 15.7. The summed E-state index contributed by atoms with van der Waals surface area (Å²) in [4.78, 5) is 95.7. The molecule has 6 aromatic rings. The van der Waals surface area contributed by atoms with Crippen LogP contribution in [0.5, 0.6) is 0 Å². The molecule has 0 heterocycles. The highest BCUT2D eigenvalue weighted by atomic mass is 16.2. The van der Waals surface area contributed by atoms with Crippen molar-refractivity contribution in [2.75, 3.05) is 0 Å². The van der Waals surface area contributed by atoms with E-state index >= 15 is 28.8 Å². The molecule has 68 heavy (non-hydrogen) atoms. The maximum absolute atomic E-state index is 16.2. The molecule has 0 amide bonds. The predicted molar refractivity (Wildman–Crippen MR) is 249 cm³/mol. The molecule has 0 spiro atoms. The van der Waals surface area contributed by atoms with Crippen molar-refractivity contribution in [1.29, 1.82) is 0 Å². The molecule has 316 valence electrons. The largest absolute Gasteiger partial charge is 0.289 e. The van der Waals surface area contributed by atoms with Crippen LogP contribution in [-0.2, 0) is 28.8 Å². The standard InChI is InChI=1S/C62H32O6/c63-57-45-37-25-13-1-2-14-26(25)38(28-16-4-3-15-27(28)37)46(45)58(64)50-42-34-22-10-9-21-33(34)41(49(50)57)53-54(42)62(68)56-44-36-24-12-11-23-35(36)43(55(56)61(53)67)51-52(44)60(66)48-40-31-19-7-5-17-29(31)39(47(48)59(51)65)30-18-6-8-20-32(30)40/h1-24,37-44H/t37?,38?,39?,40?,41-,42?,43+,44?. The van der Waals surface area contributed by atoms with Gasteiger partial charge in [0.25, 0.3) is 0 Å². The number of carbonyl (C=O) groups is 6. The Hall–Kier alpha value is -8.22. The van der Waals surface area contributed by atoms with Crippen LogP contribution in [0, 0.1) is 0 Å². The highest BCUT2D eigenvalue weighted by molar-refractivity contribution is 6.38. The first-order valence-corrected chi connectivity index (χ1v) is 23.6. The molecule has 15 aliphatic rings. The summed E-state index contributed by atoms with van der Waals surface area (Å²) in [5, 5.41) is 0. The molecule has 2 unspecified atom stereocenters. The molecule has 6 aromatic carbocycles. The zero-order valence-corrected chi connectivity index (χ0v) is 35.9. The lowest BCUT2D eigenvalue weighted by Gasteiger charge is -2.53. The SMILES string of the molecule is O=C1C2=C(C(=O)C3=C1C1C4=C(C(=O)C5=C(C4=O)C4c6ccccc6C5c5ccccc54)[C@@H]3c3ccccc31)[C@H]1C3=C(C(=O)C4=C(C3=O)C3c5ccccc5C4c4ccccc43)C2c2ccccc21. The van der Waals surface area contributed by atoms with Crippen molar-refractivity contribution in [3.8, 4) is 0 Å². The van der Waals surface area contributed by atoms with Gasteiger partial charge in [-0.1, -0.05) is 146 Å². The summed E-state index contributed by atoms with van der Waals surface area (Å²) < 4.78 is 0. The average molecular weight is 873 g/mol. The van der Waals surface area contributed by atoms with Crippen LogP contribution in [0.3, 0.4) is 0 Å². The fraction of sp³-hybridized carbons (Fsp3) is 0.129. The quantitative estimate of drug-likeness (QED) is 0.141. The number of hydrogen-bond donors (Lipinski definition) is 0. The number of benzene rings is 6. The lowest BCUT2D eigenvalue weighted by atomic mass is 9.47. The van der Waals surface area contributed by atoms with E-state index in [0.29, 0.717) is 44.6 Å². The van der Waals surface area contributed by atoms with Crippen molar-refractivity contribution < 1.29 is 28.8 Å². The third-order valence-corrected chi connectivity index (χ3v) is 17.8. The van der Waals surface area contributed by atoms with Gasteiger partial charge in [0.2, 0.25) is 0 Å². The molecule has 6 nitrogen and oxygen atoms in total. The van der Waals surface area contributed by atoms with Gasteiger partial charge in [-0.25, -0.2) is 0 Å². The van der Waals surface area contributed by atoms with E-state index in [1.54, 1.807) is 0 Å². The highest BCUT2D eigenvalue weighted by Gasteiger charge is 2.64. The highest BCUT2D eigenvalue weighted by Crippen LogP contribution is 2.69. The first kappa shape index (κ1) is 36.0. The second kappa shape index (κ2) is 11.7. The molecular weight excluding hydrogens is 841 g/mol. The van der Waals surface area contributed by atoms with Crippen LogP contribution in [0.2, 0.25) is 0 Å². The van der Waals surface area contributed by atoms with Crippen LogP contribution in [-0.4, -0.2) is 34.7 Å². The van der Waals surface area contributed by atoms with E-state index in [9.17, 15) is 0 Å². The molecule has 4 atom stereocenters. The van der Waals surface area contributed by atoms with Crippen LogP contribution >= 0.6 is 0 Å². The molecular formula is C62H32O6. The van der Waals surface area contributed by atoms with Gasteiger partial charge in [0.05, 0.1) is 0 Å². The van der Waals surface area contributed by atoms with Crippen LogP contribution in [0.4, 0.5) is 0 Å². The van der Waals surface area contributed by atoms with E-state index in [0.717, 1.165) is 66.8 Å². The molecule has 8 bridgehead atoms. The number of Topliss-reactive ketones (excluding diaryl/α,β-unsaturated/α-hetero) is 6. The van der Waals surface area contributed by atoms with Crippen LogP contribution in [0.1, 0.15) is 114 Å². The van der Waals surface area contributed by atoms with E-state index in [1.165, 1.54) is 0 Å². The second-order valence-electron chi connectivity index (χ2n) is 20.2. The maximum atomic E-state index is 16.2. The van der Waals surface area contributed by atoms with Crippen molar-refractivity contribution in [2.45, 2.75) is 47.3 Å². The van der Waals surface area contributed by atoms with E-state index in [4.69, 9.17) is 0 Å². The van der Waals surface area contributed by atoms with Crippen molar-refractivity contribution in [3.05, 3.63) is 279 Å². The number of allylic oxidation sites excluding steroid dienone is 12. The summed E-state index contributed by atoms with van der Waals surface area (Å²) in [7, 11) is 0. The minimum Gasteiger partial charge on any atom is -0.289 e. The molecule has 0 aliphatic heterocycles. The van der Waals surface area contributed by atoms with Crippen molar-refractivity contribution >= 4 is 34.7 Å². The number of rotatable bonds is 0. The Labute approximate surface area is 388 Å². The summed E-state index contributed by atoms with van der Waals surface area (Å²) in [6.07, 6.45) is 0. The normalized spacial score (nSPS) is 28.4. The van der Waals surface area contributed by atoms with Gasteiger partial charge in [-0.3, -0.25) is 28.8 Å². The Morgan fingerprint density at radius 1 is 0.162 bits per heavy atom. The van der Waals surface area contributed by atoms with E-state index < -0.39 is 47.3 Å². The molecule has 0 saturated carbocycles. The van der Waals surface area contributed by atoms with E-state index in [2.05, 4.69) is 48.5 Å². The Kier molecular flexibility index (Phi) is 6.16. The molecule has 6 heteroatoms. The van der Waals surface area contributed by atoms with Gasteiger partial charge in [-0.15, -0.1) is 0 Å². The topological polar surface area (TPSA) is 102 Å². The van der Waals surface area contributed by atoms with E-state index in [-0.39, 0.29) is 57.0 Å². The minimum absolute atomic E-state index is 0.226. The molecule has 0 radical (unpaired) electrons. The van der Waals surface area contributed by atoms with Crippen molar-refractivity contribution in [1.82, 2.24) is 0 Å². The smallest absolute Gasteiger partial charge is 0.187 e. The summed E-state index contributed by atoms with van der Waals surface area (Å²) in [6, 6.07) is 47.5.